The molecule has 0 N–H and O–H groups in total. The van der Waals surface area contributed by atoms with E-state index in [2.05, 4.69) is 47.0 Å². The molecule has 1 fully saturated rings. The number of likely N-dealkylation sites (tertiary alicyclic amines) is 1. The van der Waals surface area contributed by atoms with E-state index >= 15 is 0 Å². The number of aryl methyl sites for hydroxylation is 2. The Labute approximate surface area is 151 Å². The van der Waals surface area contributed by atoms with Crippen LogP contribution >= 0.6 is 0 Å². The fourth-order valence-corrected chi connectivity index (χ4v) is 3.66. The van der Waals surface area contributed by atoms with Gasteiger partial charge < -0.3 is 4.90 Å². The molecule has 0 radical (unpaired) electrons. The highest BCUT2D eigenvalue weighted by atomic mass is 16.2. The summed E-state index contributed by atoms with van der Waals surface area (Å²) in [5, 5.41) is 8.78. The molecule has 1 aliphatic heterocycles. The van der Waals surface area contributed by atoms with E-state index in [1.54, 1.807) is 4.52 Å². The molecule has 1 amide bonds. The Kier molecular flexibility index (Phi) is 3.97. The van der Waals surface area contributed by atoms with Crippen LogP contribution in [0.1, 0.15) is 59.8 Å². The van der Waals surface area contributed by atoms with Crippen molar-refractivity contribution in [3.8, 4) is 0 Å². The largest absolute Gasteiger partial charge is 0.335 e. The molecule has 4 heterocycles. The maximum absolute atomic E-state index is 13.0. The molecule has 3 aromatic heterocycles. The zero-order chi connectivity index (χ0) is 18.4. The number of hydrogen-bond donors (Lipinski definition) is 0. The molecule has 3 aromatic rings. The molecule has 1 atom stereocenters. The first-order valence-corrected chi connectivity index (χ1v) is 8.96. The van der Waals surface area contributed by atoms with Gasteiger partial charge in [0.15, 0.2) is 0 Å². The van der Waals surface area contributed by atoms with Crippen molar-refractivity contribution in [1.29, 1.82) is 0 Å². The maximum Gasteiger partial charge on any atom is 0.272 e. The van der Waals surface area contributed by atoms with Gasteiger partial charge in [0, 0.05) is 18.8 Å². The highest BCUT2D eigenvalue weighted by Gasteiger charge is 2.30. The summed E-state index contributed by atoms with van der Waals surface area (Å²) < 4.78 is 3.74. The monoisotopic (exact) mass is 353 g/mol. The van der Waals surface area contributed by atoms with E-state index in [9.17, 15) is 4.79 Å². The number of nitrogens with zero attached hydrogens (tertiary/aromatic N) is 7. The number of amides is 1. The Morgan fingerprint density at radius 2 is 2.08 bits per heavy atom. The first-order chi connectivity index (χ1) is 12.4. The Morgan fingerprint density at radius 1 is 1.27 bits per heavy atom. The minimum Gasteiger partial charge on any atom is -0.335 e. The molecular formula is C18H23N7O. The molecule has 0 aromatic carbocycles. The number of carbonyl (C=O) groups is 1. The summed E-state index contributed by atoms with van der Waals surface area (Å²) in [7, 11) is 0. The van der Waals surface area contributed by atoms with Crippen LogP contribution in [-0.2, 0) is 0 Å². The first kappa shape index (κ1) is 16.7. The lowest BCUT2D eigenvalue weighted by Gasteiger charge is -2.18. The van der Waals surface area contributed by atoms with Crippen LogP contribution in [0.15, 0.2) is 18.5 Å². The van der Waals surface area contributed by atoms with Gasteiger partial charge in [-0.25, -0.2) is 9.50 Å². The van der Waals surface area contributed by atoms with Crippen LogP contribution in [0.2, 0.25) is 0 Å². The molecule has 136 valence electrons. The van der Waals surface area contributed by atoms with E-state index in [0.29, 0.717) is 24.6 Å². The molecular weight excluding hydrogens is 330 g/mol. The van der Waals surface area contributed by atoms with Crippen molar-refractivity contribution in [2.75, 3.05) is 13.1 Å². The Morgan fingerprint density at radius 3 is 2.77 bits per heavy atom. The summed E-state index contributed by atoms with van der Waals surface area (Å²) in [6.45, 7) is 9.54. The molecule has 26 heavy (non-hydrogen) atoms. The second kappa shape index (κ2) is 6.19. The minimum absolute atomic E-state index is 0.0542. The third kappa shape index (κ3) is 2.75. The first-order valence-electron chi connectivity index (χ1n) is 8.96. The smallest absolute Gasteiger partial charge is 0.272 e. The van der Waals surface area contributed by atoms with Crippen molar-refractivity contribution in [2.45, 2.75) is 46.1 Å². The van der Waals surface area contributed by atoms with Crippen LogP contribution in [0.4, 0.5) is 0 Å². The molecule has 1 aliphatic rings. The maximum atomic E-state index is 13.0. The average Bonchev–Trinajstić information content (AvgIpc) is 3.32. The van der Waals surface area contributed by atoms with Crippen molar-refractivity contribution in [3.05, 3.63) is 41.2 Å². The standard InChI is InChI=1S/C18H23N7O/c1-11(2)16-8-15(21-18-19-10-20-25(16)18)17(26)23-6-5-14(9-23)24-13(4)7-12(3)22-24/h7-8,10-11,14H,5-6,9H2,1-4H3/t14-/m0/s1. The van der Waals surface area contributed by atoms with Crippen molar-refractivity contribution < 1.29 is 4.79 Å². The van der Waals surface area contributed by atoms with Crippen LogP contribution in [0, 0.1) is 13.8 Å². The predicted octanol–water partition coefficient (Wildman–Crippen LogP) is 2.15. The Hall–Kier alpha value is -2.77. The fourth-order valence-electron chi connectivity index (χ4n) is 3.66. The van der Waals surface area contributed by atoms with E-state index in [1.165, 1.54) is 6.33 Å². The summed E-state index contributed by atoms with van der Waals surface area (Å²) in [5.74, 6) is 0.630. The second-order valence-corrected chi connectivity index (χ2v) is 7.26. The van der Waals surface area contributed by atoms with Crippen molar-refractivity contribution in [2.24, 2.45) is 0 Å². The average molecular weight is 353 g/mol. The van der Waals surface area contributed by atoms with Gasteiger partial charge in [0.1, 0.15) is 12.0 Å². The van der Waals surface area contributed by atoms with Crippen LogP contribution < -0.4 is 0 Å². The van der Waals surface area contributed by atoms with Crippen LogP contribution in [-0.4, -0.2) is 53.3 Å². The van der Waals surface area contributed by atoms with Gasteiger partial charge >= 0.3 is 0 Å². The van der Waals surface area contributed by atoms with E-state index in [0.717, 1.165) is 23.5 Å². The van der Waals surface area contributed by atoms with E-state index in [4.69, 9.17) is 0 Å². The number of carbonyl (C=O) groups excluding carboxylic acids is 1. The molecule has 1 saturated heterocycles. The molecule has 0 aliphatic carbocycles. The minimum atomic E-state index is -0.0542. The van der Waals surface area contributed by atoms with E-state index in [1.807, 2.05) is 22.6 Å². The Balaban J connectivity index is 1.60. The normalized spacial score (nSPS) is 17.6. The molecule has 8 heteroatoms. The lowest BCUT2D eigenvalue weighted by molar-refractivity contribution is 0.0781. The molecule has 0 unspecified atom stereocenters. The van der Waals surface area contributed by atoms with Gasteiger partial charge in [0.2, 0.25) is 0 Å². The van der Waals surface area contributed by atoms with E-state index in [-0.39, 0.29) is 17.9 Å². The number of fused-ring (bicyclic) bond motifs is 1. The Bertz CT molecular complexity index is 971. The van der Waals surface area contributed by atoms with Crippen molar-refractivity contribution in [3.63, 3.8) is 0 Å². The van der Waals surface area contributed by atoms with Gasteiger partial charge in [0.05, 0.1) is 17.4 Å². The number of hydrogen-bond acceptors (Lipinski definition) is 5. The third-order valence-corrected chi connectivity index (χ3v) is 4.93. The molecule has 0 saturated carbocycles. The summed E-state index contributed by atoms with van der Waals surface area (Å²) in [4.78, 5) is 23.5. The lowest BCUT2D eigenvalue weighted by atomic mass is 10.1. The van der Waals surface area contributed by atoms with Gasteiger partial charge in [-0.1, -0.05) is 13.8 Å². The molecule has 0 spiro atoms. The van der Waals surface area contributed by atoms with Crippen LogP contribution in [0.25, 0.3) is 5.78 Å². The highest BCUT2D eigenvalue weighted by molar-refractivity contribution is 5.93. The zero-order valence-corrected chi connectivity index (χ0v) is 15.5. The fraction of sp³-hybridized carbons (Fsp3) is 0.500. The zero-order valence-electron chi connectivity index (χ0n) is 15.5. The summed E-state index contributed by atoms with van der Waals surface area (Å²) in [6, 6.07) is 4.12. The van der Waals surface area contributed by atoms with Crippen molar-refractivity contribution >= 4 is 11.7 Å². The second-order valence-electron chi connectivity index (χ2n) is 7.26. The van der Waals surface area contributed by atoms with E-state index < -0.39 is 0 Å². The highest BCUT2D eigenvalue weighted by Crippen LogP contribution is 2.25. The molecule has 0 bridgehead atoms. The van der Waals surface area contributed by atoms with Gasteiger partial charge in [-0.15, -0.1) is 0 Å². The summed E-state index contributed by atoms with van der Waals surface area (Å²) in [5.41, 5.74) is 3.51. The van der Waals surface area contributed by atoms with Gasteiger partial charge in [-0.05, 0) is 38.3 Å². The quantitative estimate of drug-likeness (QED) is 0.721. The third-order valence-electron chi connectivity index (χ3n) is 4.93. The van der Waals surface area contributed by atoms with Crippen LogP contribution in [0.3, 0.4) is 0 Å². The van der Waals surface area contributed by atoms with Crippen molar-refractivity contribution in [1.82, 2.24) is 34.3 Å². The van der Waals surface area contributed by atoms with Gasteiger partial charge in [-0.2, -0.15) is 15.2 Å². The van der Waals surface area contributed by atoms with Gasteiger partial charge in [-0.3, -0.25) is 9.48 Å². The predicted molar refractivity (Wildman–Crippen MR) is 96.1 cm³/mol. The topological polar surface area (TPSA) is 81.2 Å². The molecule has 4 rings (SSSR count). The number of rotatable bonds is 3. The summed E-state index contributed by atoms with van der Waals surface area (Å²) >= 11 is 0. The lowest BCUT2D eigenvalue weighted by Crippen LogP contribution is -2.30. The number of aromatic nitrogens is 6. The molecule has 8 nitrogen and oxygen atoms in total. The SMILES string of the molecule is Cc1cc(C)n([C@H]2CCN(C(=O)c3cc(C(C)C)n4ncnc4n3)C2)n1. The van der Waals surface area contributed by atoms with Crippen LogP contribution in [0.5, 0.6) is 0 Å². The van der Waals surface area contributed by atoms with Gasteiger partial charge in [0.25, 0.3) is 11.7 Å². The summed E-state index contributed by atoms with van der Waals surface area (Å²) in [6.07, 6.45) is 2.37.